The van der Waals surface area contributed by atoms with Crippen LogP contribution < -0.4 is 15.1 Å². The molecule has 2 fully saturated rings. The first-order chi connectivity index (χ1) is 14.9. The Morgan fingerprint density at radius 3 is 2.84 bits per heavy atom. The summed E-state index contributed by atoms with van der Waals surface area (Å²) in [5.74, 6) is -1.04. The van der Waals surface area contributed by atoms with E-state index in [1.807, 2.05) is 9.47 Å². The predicted octanol–water partition coefficient (Wildman–Crippen LogP) is 1.74. The van der Waals surface area contributed by atoms with Crippen molar-refractivity contribution in [3.63, 3.8) is 0 Å². The zero-order valence-electron chi connectivity index (χ0n) is 17.3. The van der Waals surface area contributed by atoms with Gasteiger partial charge in [0.25, 0.3) is 0 Å². The highest BCUT2D eigenvalue weighted by Gasteiger charge is 2.43. The molecule has 1 unspecified atom stereocenters. The van der Waals surface area contributed by atoms with Crippen molar-refractivity contribution in [1.82, 2.24) is 4.57 Å². The number of aliphatic hydroxyl groups is 2. The Kier molecular flexibility index (Phi) is 4.71. The molecule has 2 atom stereocenters. The maximum atomic E-state index is 15.4. The predicted molar refractivity (Wildman–Crippen MR) is 110 cm³/mol. The van der Waals surface area contributed by atoms with Gasteiger partial charge in [-0.25, -0.2) is 9.18 Å². The van der Waals surface area contributed by atoms with Gasteiger partial charge in [-0.15, -0.1) is 0 Å². The number of carbonyl (C=O) groups is 1. The number of nitrogens with zero attached hydrogens (tertiary/aromatic N) is 2. The lowest BCUT2D eigenvalue weighted by Gasteiger charge is -2.47. The molecular formula is C22H25FN2O6. The quantitative estimate of drug-likeness (QED) is 0.710. The number of aromatic nitrogens is 1. The van der Waals surface area contributed by atoms with E-state index in [1.54, 1.807) is 6.92 Å². The van der Waals surface area contributed by atoms with Crippen LogP contribution in [0.3, 0.4) is 0 Å². The zero-order valence-corrected chi connectivity index (χ0v) is 17.3. The smallest absolute Gasteiger partial charge is 0.343 e. The van der Waals surface area contributed by atoms with Crippen molar-refractivity contribution < 1.29 is 28.9 Å². The minimum absolute atomic E-state index is 0.0935. The van der Waals surface area contributed by atoms with Gasteiger partial charge in [0.1, 0.15) is 17.9 Å². The minimum Gasteiger partial charge on any atom is -0.487 e. The molecule has 1 aromatic carbocycles. The summed E-state index contributed by atoms with van der Waals surface area (Å²) >= 11 is 0. The Morgan fingerprint density at radius 2 is 2.16 bits per heavy atom. The Morgan fingerprint density at radius 1 is 1.39 bits per heavy atom. The highest BCUT2D eigenvalue weighted by atomic mass is 19.1. The molecule has 1 saturated heterocycles. The molecule has 5 rings (SSSR count). The standard InChI is InChI=1S/C22H25FN2O6/c1-2-30-21(28)15-9-25(12-3-4-12)17-14(19(15)27)7-16(23)18-20(17)31-10-13-8-22(29,11-26)5-6-24(13)18/h7,9,12-13,26,29H,2-6,8,10-11H2,1H3/t13-,22?/m0/s1. The zero-order chi connectivity index (χ0) is 21.9. The minimum atomic E-state index is -1.21. The van der Waals surface area contributed by atoms with Crippen LogP contribution in [0.4, 0.5) is 10.1 Å². The molecule has 1 aromatic heterocycles. The molecule has 31 heavy (non-hydrogen) atoms. The summed E-state index contributed by atoms with van der Waals surface area (Å²) in [7, 11) is 0. The van der Waals surface area contributed by atoms with Gasteiger partial charge in [0, 0.05) is 25.2 Å². The lowest BCUT2D eigenvalue weighted by atomic mass is 9.86. The van der Waals surface area contributed by atoms with Gasteiger partial charge in [0.15, 0.2) is 11.6 Å². The molecule has 2 aliphatic heterocycles. The first-order valence-corrected chi connectivity index (χ1v) is 10.7. The van der Waals surface area contributed by atoms with Crippen molar-refractivity contribution in [3.8, 4) is 5.75 Å². The normalized spacial score (nSPS) is 25.0. The third-order valence-electron chi connectivity index (χ3n) is 6.51. The molecule has 0 spiro atoms. The first-order valence-electron chi connectivity index (χ1n) is 10.7. The van der Waals surface area contributed by atoms with Crippen LogP contribution in [-0.2, 0) is 4.74 Å². The van der Waals surface area contributed by atoms with Crippen molar-refractivity contribution in [2.75, 3.05) is 31.3 Å². The van der Waals surface area contributed by atoms with Crippen molar-refractivity contribution >= 4 is 22.6 Å². The number of rotatable bonds is 4. The van der Waals surface area contributed by atoms with Crippen molar-refractivity contribution in [1.29, 1.82) is 0 Å². The van der Waals surface area contributed by atoms with E-state index in [2.05, 4.69) is 0 Å². The lowest BCUT2D eigenvalue weighted by Crippen LogP contribution is -2.56. The van der Waals surface area contributed by atoms with Crippen LogP contribution >= 0.6 is 0 Å². The Balaban J connectivity index is 1.70. The van der Waals surface area contributed by atoms with Crippen LogP contribution in [0.2, 0.25) is 0 Å². The molecule has 2 aromatic rings. The van der Waals surface area contributed by atoms with Crippen LogP contribution in [0.5, 0.6) is 5.75 Å². The van der Waals surface area contributed by atoms with Crippen LogP contribution in [0.15, 0.2) is 17.1 Å². The molecule has 9 heteroatoms. The molecule has 8 nitrogen and oxygen atoms in total. The lowest BCUT2D eigenvalue weighted by molar-refractivity contribution is -0.0470. The summed E-state index contributed by atoms with van der Waals surface area (Å²) in [6.45, 7) is 2.00. The monoisotopic (exact) mass is 432 g/mol. The Bertz CT molecular complexity index is 1130. The summed E-state index contributed by atoms with van der Waals surface area (Å²) in [5.41, 5.74) is -1.15. The number of benzene rings is 1. The van der Waals surface area contributed by atoms with Gasteiger partial charge in [-0.05, 0) is 32.3 Å². The first kappa shape index (κ1) is 20.3. The largest absolute Gasteiger partial charge is 0.487 e. The summed E-state index contributed by atoms with van der Waals surface area (Å²) in [6.07, 6.45) is 3.85. The van der Waals surface area contributed by atoms with Gasteiger partial charge in [-0.3, -0.25) is 4.79 Å². The molecule has 166 valence electrons. The highest BCUT2D eigenvalue weighted by molar-refractivity contribution is 5.98. The van der Waals surface area contributed by atoms with E-state index >= 15 is 4.39 Å². The third-order valence-corrected chi connectivity index (χ3v) is 6.51. The Hall–Kier alpha value is -2.65. The number of piperidine rings is 1. The second-order valence-corrected chi connectivity index (χ2v) is 8.66. The number of halogens is 1. The van der Waals surface area contributed by atoms with Gasteiger partial charge in [-0.2, -0.15) is 0 Å². The van der Waals surface area contributed by atoms with Crippen molar-refractivity contribution in [3.05, 3.63) is 33.9 Å². The maximum absolute atomic E-state index is 15.4. The molecular weight excluding hydrogens is 407 g/mol. The third kappa shape index (κ3) is 3.18. The number of hydrogen-bond acceptors (Lipinski definition) is 7. The fourth-order valence-corrected chi connectivity index (χ4v) is 4.77. The summed E-state index contributed by atoms with van der Waals surface area (Å²) < 4.78 is 28.2. The second kappa shape index (κ2) is 7.20. The molecule has 0 bridgehead atoms. The van der Waals surface area contributed by atoms with Gasteiger partial charge in [0.2, 0.25) is 5.43 Å². The molecule has 3 aliphatic rings. The van der Waals surface area contributed by atoms with Crippen LogP contribution in [-0.4, -0.2) is 58.8 Å². The summed E-state index contributed by atoms with van der Waals surface area (Å²) in [4.78, 5) is 27.3. The van der Waals surface area contributed by atoms with Gasteiger partial charge in [-0.1, -0.05) is 0 Å². The number of ether oxygens (including phenoxy) is 2. The number of hydrogen-bond donors (Lipinski definition) is 2. The molecule has 3 heterocycles. The van der Waals surface area contributed by atoms with Crippen molar-refractivity contribution in [2.45, 2.75) is 50.3 Å². The highest BCUT2D eigenvalue weighted by Crippen LogP contribution is 2.47. The van der Waals surface area contributed by atoms with Gasteiger partial charge in [0.05, 0.1) is 35.8 Å². The number of pyridine rings is 1. The van der Waals surface area contributed by atoms with E-state index in [9.17, 15) is 19.8 Å². The fraction of sp³-hybridized carbons (Fsp3) is 0.545. The average Bonchev–Trinajstić information content (AvgIpc) is 3.59. The summed E-state index contributed by atoms with van der Waals surface area (Å²) in [6, 6.07) is 0.995. The number of esters is 1. The van der Waals surface area contributed by atoms with Crippen molar-refractivity contribution in [2.24, 2.45) is 0 Å². The van der Waals surface area contributed by atoms with Crippen LogP contribution in [0, 0.1) is 5.82 Å². The van der Waals surface area contributed by atoms with Crippen LogP contribution in [0.25, 0.3) is 10.9 Å². The average molecular weight is 432 g/mol. The van der Waals surface area contributed by atoms with E-state index in [0.717, 1.165) is 12.8 Å². The topological polar surface area (TPSA) is 101 Å². The molecule has 1 saturated carbocycles. The van der Waals surface area contributed by atoms with E-state index < -0.39 is 22.8 Å². The van der Waals surface area contributed by atoms with Gasteiger partial charge >= 0.3 is 5.97 Å². The number of anilines is 1. The number of fused-ring (bicyclic) bond motifs is 5. The maximum Gasteiger partial charge on any atom is 0.343 e. The van der Waals surface area contributed by atoms with E-state index in [0.29, 0.717) is 24.2 Å². The summed E-state index contributed by atoms with van der Waals surface area (Å²) in [5, 5.41) is 20.1. The van der Waals surface area contributed by atoms with Crippen LogP contribution in [0.1, 0.15) is 49.0 Å². The van der Waals surface area contributed by atoms with E-state index in [1.165, 1.54) is 12.3 Å². The Labute approximate surface area is 177 Å². The SMILES string of the molecule is CCOC(=O)c1cn(C2CC2)c2c3c(c(F)cc2c1=O)N1CCC(O)(CO)C[C@H]1CO3. The van der Waals surface area contributed by atoms with Gasteiger partial charge < -0.3 is 29.2 Å². The second-order valence-electron chi connectivity index (χ2n) is 8.66. The molecule has 0 amide bonds. The number of aliphatic hydroxyl groups excluding tert-OH is 1. The molecule has 2 N–H and O–H groups in total. The van der Waals surface area contributed by atoms with E-state index in [4.69, 9.17) is 9.47 Å². The fourth-order valence-electron chi connectivity index (χ4n) is 4.77. The number of carbonyl (C=O) groups excluding carboxylic acids is 1. The molecule has 0 radical (unpaired) electrons. The molecule has 1 aliphatic carbocycles. The van der Waals surface area contributed by atoms with E-state index in [-0.39, 0.29) is 55.0 Å².